The maximum Gasteiger partial charge on any atom is 0.503 e. The van der Waals surface area contributed by atoms with Gasteiger partial charge in [-0.05, 0) is 48.5 Å². The number of phenolic OH excluding ortho intramolecular Hbond substituents is 4. The van der Waals surface area contributed by atoms with Crippen molar-refractivity contribution in [2.75, 3.05) is 0 Å². The van der Waals surface area contributed by atoms with E-state index in [9.17, 15) is 0 Å². The van der Waals surface area contributed by atoms with Gasteiger partial charge in [-0.2, -0.15) is 0 Å². The van der Waals surface area contributed by atoms with Gasteiger partial charge in [-0.25, -0.2) is 4.79 Å². The number of carbonyl (C=O) groups is 1. The van der Waals surface area contributed by atoms with Crippen LogP contribution in [0.1, 0.15) is 40.5 Å². The minimum atomic E-state index is -1.83. The molecule has 0 fully saturated rings. The lowest BCUT2D eigenvalue weighted by Gasteiger charge is -1.88. The molecule has 0 saturated heterocycles. The first-order chi connectivity index (χ1) is 12.1. The number of aromatic hydroxyl groups is 4. The number of hydrogen-bond donors (Lipinski definition) is 6. The Labute approximate surface area is 154 Å². The van der Waals surface area contributed by atoms with Gasteiger partial charge in [0.25, 0.3) is 0 Å². The smallest absolute Gasteiger partial charge is 0.503 e. The molecule has 26 heavy (non-hydrogen) atoms. The second-order valence-corrected chi connectivity index (χ2v) is 4.73. The average Bonchev–Trinajstić information content (AvgIpc) is 2.55. The molecule has 0 spiro atoms. The number of phenols is 4. The number of benzene rings is 2. The maximum absolute atomic E-state index is 8.65. The summed E-state index contributed by atoms with van der Waals surface area (Å²) in [6.45, 7) is 8.50. The Balaban J connectivity index is -0.000000276. The van der Waals surface area contributed by atoms with Crippen molar-refractivity contribution in [1.29, 1.82) is 0 Å². The van der Waals surface area contributed by atoms with E-state index in [2.05, 4.69) is 27.7 Å². The molecule has 0 unspecified atom stereocenters. The molecule has 6 N–H and O–H groups in total. The van der Waals surface area contributed by atoms with Crippen LogP contribution in [0, 0.1) is 0 Å². The summed E-state index contributed by atoms with van der Waals surface area (Å²) in [5, 5.41) is 48.5. The topological polar surface area (TPSA) is 138 Å². The molecule has 2 aromatic carbocycles. The number of rotatable bonds is 0. The Hall–Kier alpha value is -3.09. The van der Waals surface area contributed by atoms with Crippen LogP contribution in [0.4, 0.5) is 4.79 Å². The Bertz CT molecular complexity index is 445. The van der Waals surface area contributed by atoms with Crippen molar-refractivity contribution in [3.63, 3.8) is 0 Å². The van der Waals surface area contributed by atoms with Crippen molar-refractivity contribution in [1.82, 2.24) is 0 Å². The molecule has 7 heteroatoms. The van der Waals surface area contributed by atoms with Crippen molar-refractivity contribution in [2.24, 2.45) is 0 Å². The van der Waals surface area contributed by atoms with Gasteiger partial charge in [0, 0.05) is 0 Å². The van der Waals surface area contributed by atoms with Crippen molar-refractivity contribution >= 4 is 6.16 Å². The first-order valence-corrected chi connectivity index (χ1v) is 8.02. The Kier molecular flexibility index (Phi) is 21.3. The molecule has 148 valence electrons. The van der Waals surface area contributed by atoms with E-state index in [-0.39, 0.29) is 23.0 Å². The van der Waals surface area contributed by atoms with Crippen LogP contribution in [0.25, 0.3) is 0 Å². The summed E-state index contributed by atoms with van der Waals surface area (Å²) in [5.74, 6) is 0.677. The zero-order chi connectivity index (χ0) is 21.0. The Morgan fingerprint density at radius 3 is 0.731 bits per heavy atom. The van der Waals surface area contributed by atoms with Crippen molar-refractivity contribution < 1.29 is 35.4 Å². The SMILES string of the molecule is CCC.CCC.O=C(O)O.Oc1ccc(O)cc1.Oc1ccc(O)cc1. The fraction of sp³-hybridized carbons (Fsp3) is 0.316. The summed E-state index contributed by atoms with van der Waals surface area (Å²) in [7, 11) is 0. The van der Waals surface area contributed by atoms with Gasteiger partial charge in [-0.15, -0.1) is 0 Å². The van der Waals surface area contributed by atoms with Crippen LogP contribution in [0.5, 0.6) is 23.0 Å². The molecule has 0 aliphatic rings. The van der Waals surface area contributed by atoms with Gasteiger partial charge in [0.2, 0.25) is 0 Å². The van der Waals surface area contributed by atoms with E-state index in [1.54, 1.807) is 0 Å². The zero-order valence-corrected chi connectivity index (χ0v) is 15.6. The lowest BCUT2D eigenvalue weighted by atomic mass is 10.3. The Morgan fingerprint density at radius 1 is 0.577 bits per heavy atom. The van der Waals surface area contributed by atoms with E-state index >= 15 is 0 Å². The van der Waals surface area contributed by atoms with E-state index in [0.717, 1.165) is 0 Å². The molecule has 0 aromatic heterocycles. The molecule has 2 rings (SSSR count). The molecule has 0 radical (unpaired) electrons. The third kappa shape index (κ3) is 29.0. The zero-order valence-electron chi connectivity index (χ0n) is 15.6. The van der Waals surface area contributed by atoms with Crippen LogP contribution < -0.4 is 0 Å². The Morgan fingerprint density at radius 2 is 0.654 bits per heavy atom. The lowest BCUT2D eigenvalue weighted by molar-refractivity contribution is 0.137. The van der Waals surface area contributed by atoms with E-state index < -0.39 is 6.16 Å². The second-order valence-electron chi connectivity index (χ2n) is 4.73. The highest BCUT2D eigenvalue weighted by molar-refractivity contribution is 5.53. The van der Waals surface area contributed by atoms with Crippen LogP contribution >= 0.6 is 0 Å². The number of carboxylic acid groups (broad SMARTS) is 2. The van der Waals surface area contributed by atoms with Gasteiger partial charge in [-0.1, -0.05) is 40.5 Å². The fourth-order valence-electron chi connectivity index (χ4n) is 0.905. The van der Waals surface area contributed by atoms with Crippen LogP contribution in [-0.4, -0.2) is 36.8 Å². The predicted molar refractivity (Wildman–Crippen MR) is 102 cm³/mol. The van der Waals surface area contributed by atoms with Gasteiger partial charge in [0.1, 0.15) is 23.0 Å². The summed E-state index contributed by atoms with van der Waals surface area (Å²) in [6.07, 6.45) is 0.667. The molecular weight excluding hydrogens is 340 g/mol. The molecule has 0 aliphatic carbocycles. The standard InChI is InChI=1S/2C6H6O2.2C3H8.CH2O3/c2*7-5-1-2-6(8)4-3-5;2*1-3-2;2-1(3)4/h2*1-4,7-8H;2*3H2,1-2H3;(H2,2,3,4). The monoisotopic (exact) mass is 370 g/mol. The van der Waals surface area contributed by atoms with Crippen LogP contribution in [0.2, 0.25) is 0 Å². The lowest BCUT2D eigenvalue weighted by Crippen LogP contribution is -1.81. The largest absolute Gasteiger partial charge is 0.508 e. The molecule has 7 nitrogen and oxygen atoms in total. The van der Waals surface area contributed by atoms with Gasteiger partial charge in [-0.3, -0.25) is 0 Å². The quantitative estimate of drug-likeness (QED) is 0.348. The van der Waals surface area contributed by atoms with Crippen LogP contribution in [0.15, 0.2) is 48.5 Å². The predicted octanol–water partition coefficient (Wildman–Crippen LogP) is 5.25. The fourth-order valence-corrected chi connectivity index (χ4v) is 0.905. The van der Waals surface area contributed by atoms with Crippen LogP contribution in [0.3, 0.4) is 0 Å². The minimum absolute atomic E-state index is 0.169. The first kappa shape index (κ1) is 27.7. The third-order valence-corrected chi connectivity index (χ3v) is 1.70. The molecule has 0 saturated carbocycles. The summed E-state index contributed by atoms with van der Waals surface area (Å²) >= 11 is 0. The third-order valence-electron chi connectivity index (χ3n) is 1.70. The van der Waals surface area contributed by atoms with Crippen molar-refractivity contribution in [3.05, 3.63) is 48.5 Å². The van der Waals surface area contributed by atoms with Crippen LogP contribution in [-0.2, 0) is 0 Å². The summed E-state index contributed by atoms with van der Waals surface area (Å²) in [5.41, 5.74) is 0. The highest BCUT2D eigenvalue weighted by atomic mass is 16.6. The average molecular weight is 370 g/mol. The van der Waals surface area contributed by atoms with E-state index in [1.165, 1.54) is 61.4 Å². The molecular formula is C19H30O7. The molecule has 0 amide bonds. The molecule has 0 atom stereocenters. The second kappa shape index (κ2) is 20.0. The molecule has 2 aromatic rings. The minimum Gasteiger partial charge on any atom is -0.508 e. The molecule has 0 bridgehead atoms. The van der Waals surface area contributed by atoms with E-state index in [0.29, 0.717) is 0 Å². The maximum atomic E-state index is 8.65. The number of hydrogen-bond acceptors (Lipinski definition) is 5. The van der Waals surface area contributed by atoms with Gasteiger partial charge in [0.15, 0.2) is 0 Å². The summed E-state index contributed by atoms with van der Waals surface area (Å²) in [6, 6.07) is 11.4. The van der Waals surface area contributed by atoms with Gasteiger partial charge < -0.3 is 30.6 Å². The first-order valence-electron chi connectivity index (χ1n) is 8.02. The van der Waals surface area contributed by atoms with E-state index in [4.69, 9.17) is 35.4 Å². The van der Waals surface area contributed by atoms with Gasteiger partial charge >= 0.3 is 6.16 Å². The normalized spacial score (nSPS) is 7.85. The van der Waals surface area contributed by atoms with Gasteiger partial charge in [0.05, 0.1) is 0 Å². The molecule has 0 heterocycles. The summed E-state index contributed by atoms with van der Waals surface area (Å²) < 4.78 is 0. The van der Waals surface area contributed by atoms with Crippen molar-refractivity contribution in [2.45, 2.75) is 40.5 Å². The van der Waals surface area contributed by atoms with Crippen molar-refractivity contribution in [3.8, 4) is 23.0 Å². The van der Waals surface area contributed by atoms with E-state index in [1.807, 2.05) is 0 Å². The molecule has 0 aliphatic heterocycles. The highest BCUT2D eigenvalue weighted by Crippen LogP contribution is 2.13. The highest BCUT2D eigenvalue weighted by Gasteiger charge is 1.85. The summed E-state index contributed by atoms with van der Waals surface area (Å²) in [4.78, 5) is 8.56.